The second-order valence-corrected chi connectivity index (χ2v) is 4.89. The second-order valence-electron chi connectivity index (χ2n) is 3.33. The molecule has 0 aliphatic heterocycles. The molecular weight excluding hydrogens is 212 g/mol. The van der Waals surface area contributed by atoms with Gasteiger partial charge in [-0.15, -0.1) is 0 Å². The third-order valence-corrected chi connectivity index (χ3v) is 3.57. The molecule has 0 saturated heterocycles. The largest absolute Gasteiger partial charge is 0.392 e. The summed E-state index contributed by atoms with van der Waals surface area (Å²) in [6, 6.07) is 4.14. The Kier molecular flexibility index (Phi) is 3.35. The molecule has 0 atom stereocenters. The molecule has 0 aliphatic carbocycles. The summed E-state index contributed by atoms with van der Waals surface area (Å²) in [7, 11) is 0. The zero-order valence-electron chi connectivity index (χ0n) is 7.72. The van der Waals surface area contributed by atoms with E-state index in [1.807, 2.05) is 10.8 Å². The molecule has 0 saturated carbocycles. The van der Waals surface area contributed by atoms with Crippen molar-refractivity contribution in [1.29, 1.82) is 0 Å². The second kappa shape index (κ2) is 4.73. The highest BCUT2D eigenvalue weighted by Gasteiger charge is 2.07. The number of thiophene rings is 2. The first-order valence-electron chi connectivity index (χ1n) is 4.55. The lowest BCUT2D eigenvalue weighted by atomic mass is 10.1. The highest BCUT2D eigenvalue weighted by atomic mass is 32.1. The first-order chi connectivity index (χ1) is 6.84. The van der Waals surface area contributed by atoms with Crippen molar-refractivity contribution in [3.63, 3.8) is 0 Å². The van der Waals surface area contributed by atoms with Crippen LogP contribution in [0.3, 0.4) is 0 Å². The fraction of sp³-hybridized carbons (Fsp3) is 0.273. The van der Waals surface area contributed by atoms with Crippen LogP contribution in [0.15, 0.2) is 33.7 Å². The van der Waals surface area contributed by atoms with Crippen LogP contribution in [0.4, 0.5) is 0 Å². The van der Waals surface area contributed by atoms with Crippen LogP contribution in [-0.2, 0) is 12.8 Å². The molecule has 2 aromatic rings. The molecule has 1 N–H and O–H groups in total. The lowest BCUT2D eigenvalue weighted by molar-refractivity contribution is 0.175. The monoisotopic (exact) mass is 224 g/mol. The Morgan fingerprint density at radius 2 is 1.50 bits per heavy atom. The summed E-state index contributed by atoms with van der Waals surface area (Å²) in [5.41, 5.74) is 2.47. The Hall–Kier alpha value is -0.640. The van der Waals surface area contributed by atoms with Gasteiger partial charge in [-0.1, -0.05) is 0 Å². The van der Waals surface area contributed by atoms with E-state index in [1.54, 1.807) is 22.7 Å². The molecular formula is C11H12OS2. The molecule has 74 valence electrons. The van der Waals surface area contributed by atoms with Crippen molar-refractivity contribution in [2.45, 2.75) is 18.9 Å². The lowest BCUT2D eigenvalue weighted by Gasteiger charge is -2.07. The molecule has 0 aliphatic rings. The van der Waals surface area contributed by atoms with Gasteiger partial charge in [0, 0.05) is 0 Å². The highest BCUT2D eigenvalue weighted by Crippen LogP contribution is 2.13. The molecule has 0 fully saturated rings. The summed E-state index contributed by atoms with van der Waals surface area (Å²) in [6.07, 6.45) is 1.28. The van der Waals surface area contributed by atoms with E-state index in [9.17, 15) is 5.11 Å². The Balaban J connectivity index is 1.88. The average molecular weight is 224 g/mol. The molecule has 1 nitrogen and oxygen atoms in total. The molecule has 0 amide bonds. The van der Waals surface area contributed by atoms with Crippen LogP contribution in [0.2, 0.25) is 0 Å². The van der Waals surface area contributed by atoms with Crippen LogP contribution in [0.25, 0.3) is 0 Å². The Bertz CT molecular complexity index is 314. The van der Waals surface area contributed by atoms with Gasteiger partial charge in [0.25, 0.3) is 0 Å². The summed E-state index contributed by atoms with van der Waals surface area (Å²) in [5.74, 6) is 0. The van der Waals surface area contributed by atoms with Gasteiger partial charge in [0.15, 0.2) is 0 Å². The third-order valence-electron chi connectivity index (χ3n) is 2.10. The molecule has 14 heavy (non-hydrogen) atoms. The first-order valence-corrected chi connectivity index (χ1v) is 6.43. The van der Waals surface area contributed by atoms with Gasteiger partial charge in [-0.25, -0.2) is 0 Å². The molecule has 0 spiro atoms. The van der Waals surface area contributed by atoms with Crippen molar-refractivity contribution in [3.8, 4) is 0 Å². The van der Waals surface area contributed by atoms with Crippen LogP contribution in [0.1, 0.15) is 11.1 Å². The average Bonchev–Trinajstić information content (AvgIpc) is 2.76. The smallest absolute Gasteiger partial charge is 0.0621 e. The number of hydrogen-bond acceptors (Lipinski definition) is 3. The van der Waals surface area contributed by atoms with Crippen LogP contribution in [0.5, 0.6) is 0 Å². The predicted molar refractivity (Wildman–Crippen MR) is 62.1 cm³/mol. The topological polar surface area (TPSA) is 20.2 Å². The minimum Gasteiger partial charge on any atom is -0.392 e. The van der Waals surface area contributed by atoms with Gasteiger partial charge in [0.05, 0.1) is 6.10 Å². The quantitative estimate of drug-likeness (QED) is 0.846. The number of hydrogen-bond donors (Lipinski definition) is 1. The van der Waals surface area contributed by atoms with Crippen molar-refractivity contribution in [2.24, 2.45) is 0 Å². The van der Waals surface area contributed by atoms with E-state index >= 15 is 0 Å². The number of aliphatic hydroxyl groups is 1. The first kappa shape index (κ1) is 9.90. The van der Waals surface area contributed by atoms with Gasteiger partial charge < -0.3 is 5.11 Å². The maximum Gasteiger partial charge on any atom is 0.0621 e. The lowest BCUT2D eigenvalue weighted by Crippen LogP contribution is -2.12. The van der Waals surface area contributed by atoms with Gasteiger partial charge in [-0.3, -0.25) is 0 Å². The molecule has 2 aromatic heterocycles. The Morgan fingerprint density at radius 1 is 1.00 bits per heavy atom. The van der Waals surface area contributed by atoms with E-state index in [0.717, 1.165) is 12.8 Å². The predicted octanol–water partition coefficient (Wildman–Crippen LogP) is 2.96. The van der Waals surface area contributed by atoms with Crippen molar-refractivity contribution in [1.82, 2.24) is 0 Å². The zero-order chi connectivity index (χ0) is 9.80. The minimum absolute atomic E-state index is 0.251. The van der Waals surface area contributed by atoms with E-state index in [-0.39, 0.29) is 6.10 Å². The van der Waals surface area contributed by atoms with Crippen LogP contribution in [0, 0.1) is 0 Å². The molecule has 3 heteroatoms. The van der Waals surface area contributed by atoms with E-state index in [4.69, 9.17) is 0 Å². The summed E-state index contributed by atoms with van der Waals surface area (Å²) in [6.45, 7) is 0. The molecule has 2 rings (SSSR count). The standard InChI is InChI=1S/C11H12OS2/c12-11(5-9-1-3-13-7-9)6-10-2-4-14-8-10/h1-4,7-8,11-12H,5-6H2. The maximum atomic E-state index is 9.80. The van der Waals surface area contributed by atoms with Gasteiger partial charge in [-0.05, 0) is 57.6 Å². The fourth-order valence-electron chi connectivity index (χ4n) is 1.43. The molecule has 0 unspecified atom stereocenters. The van der Waals surface area contributed by atoms with Crippen molar-refractivity contribution in [2.75, 3.05) is 0 Å². The highest BCUT2D eigenvalue weighted by molar-refractivity contribution is 7.08. The van der Waals surface area contributed by atoms with E-state index in [2.05, 4.69) is 22.9 Å². The van der Waals surface area contributed by atoms with Gasteiger partial charge in [-0.2, -0.15) is 22.7 Å². The molecule has 0 aromatic carbocycles. The number of rotatable bonds is 4. The summed E-state index contributed by atoms with van der Waals surface area (Å²) >= 11 is 3.36. The van der Waals surface area contributed by atoms with Crippen LogP contribution < -0.4 is 0 Å². The van der Waals surface area contributed by atoms with Gasteiger partial charge in [0.2, 0.25) is 0 Å². The van der Waals surface area contributed by atoms with E-state index < -0.39 is 0 Å². The minimum atomic E-state index is -0.251. The molecule has 2 heterocycles. The Labute approximate surface area is 91.7 Å². The van der Waals surface area contributed by atoms with E-state index in [1.165, 1.54) is 11.1 Å². The van der Waals surface area contributed by atoms with Crippen molar-refractivity contribution in [3.05, 3.63) is 44.8 Å². The number of aliphatic hydroxyl groups excluding tert-OH is 1. The fourth-order valence-corrected chi connectivity index (χ4v) is 2.80. The zero-order valence-corrected chi connectivity index (χ0v) is 9.35. The molecule has 0 radical (unpaired) electrons. The summed E-state index contributed by atoms with van der Waals surface area (Å²) < 4.78 is 0. The SMILES string of the molecule is OC(Cc1ccsc1)Cc1ccsc1. The van der Waals surface area contributed by atoms with Gasteiger partial charge >= 0.3 is 0 Å². The van der Waals surface area contributed by atoms with E-state index in [0.29, 0.717) is 0 Å². The maximum absolute atomic E-state index is 9.80. The van der Waals surface area contributed by atoms with Crippen molar-refractivity contribution >= 4 is 22.7 Å². The van der Waals surface area contributed by atoms with Gasteiger partial charge in [0.1, 0.15) is 0 Å². The Morgan fingerprint density at radius 3 is 1.86 bits per heavy atom. The van der Waals surface area contributed by atoms with Crippen molar-refractivity contribution < 1.29 is 5.11 Å². The van der Waals surface area contributed by atoms with Crippen LogP contribution in [-0.4, -0.2) is 11.2 Å². The normalized spacial score (nSPS) is 11.0. The van der Waals surface area contributed by atoms with Crippen LogP contribution >= 0.6 is 22.7 Å². The third kappa shape index (κ3) is 2.67. The summed E-state index contributed by atoms with van der Waals surface area (Å²) in [5, 5.41) is 18.1. The summed E-state index contributed by atoms with van der Waals surface area (Å²) in [4.78, 5) is 0. The molecule has 0 bridgehead atoms.